The van der Waals surface area contributed by atoms with Crippen LogP contribution in [0, 0.1) is 11.7 Å². The second-order valence-corrected chi connectivity index (χ2v) is 4.71. The Morgan fingerprint density at radius 3 is 2.88 bits per heavy atom. The lowest BCUT2D eigenvalue weighted by molar-refractivity contribution is 0.174. The third-order valence-electron chi connectivity index (χ3n) is 3.45. The summed E-state index contributed by atoms with van der Waals surface area (Å²) in [5, 5.41) is 3.35. The first-order chi connectivity index (χ1) is 8.33. The van der Waals surface area contributed by atoms with Crippen LogP contribution in [0.1, 0.15) is 18.4 Å². The van der Waals surface area contributed by atoms with Gasteiger partial charge in [0, 0.05) is 6.07 Å². The summed E-state index contributed by atoms with van der Waals surface area (Å²) < 4.78 is 24.3. The maximum atomic E-state index is 13.8. The number of fused-ring (bicyclic) bond motifs is 1. The summed E-state index contributed by atoms with van der Waals surface area (Å²) in [7, 11) is 0. The van der Waals surface area contributed by atoms with Gasteiger partial charge in [-0.2, -0.15) is 0 Å². The molecule has 0 radical (unpaired) electrons. The van der Waals surface area contributed by atoms with Crippen molar-refractivity contribution in [3.05, 3.63) is 23.5 Å². The SMILES string of the molecule is Fc1cc2c(cc1CC1CCCNC1)OCO2. The molecular weight excluding hydrogens is 221 g/mol. The summed E-state index contributed by atoms with van der Waals surface area (Å²) >= 11 is 0. The fourth-order valence-electron chi connectivity index (χ4n) is 2.52. The number of benzene rings is 1. The van der Waals surface area contributed by atoms with Crippen LogP contribution in [0.5, 0.6) is 11.5 Å². The van der Waals surface area contributed by atoms with E-state index in [4.69, 9.17) is 9.47 Å². The molecular formula is C13H16FNO2. The lowest BCUT2D eigenvalue weighted by atomic mass is 9.92. The molecule has 1 atom stereocenters. The summed E-state index contributed by atoms with van der Waals surface area (Å²) in [6.07, 6.45) is 3.12. The summed E-state index contributed by atoms with van der Waals surface area (Å²) in [5.74, 6) is 1.54. The topological polar surface area (TPSA) is 30.5 Å². The Labute approximate surface area is 99.9 Å². The molecule has 0 aromatic heterocycles. The van der Waals surface area contributed by atoms with E-state index in [-0.39, 0.29) is 12.6 Å². The van der Waals surface area contributed by atoms with Gasteiger partial charge >= 0.3 is 0 Å². The van der Waals surface area contributed by atoms with Crippen LogP contribution in [0.15, 0.2) is 12.1 Å². The maximum absolute atomic E-state index is 13.8. The number of hydrogen-bond donors (Lipinski definition) is 1. The Morgan fingerprint density at radius 2 is 2.12 bits per heavy atom. The Hall–Kier alpha value is -1.29. The predicted molar refractivity (Wildman–Crippen MR) is 61.8 cm³/mol. The van der Waals surface area contributed by atoms with Crippen LogP contribution in [-0.2, 0) is 6.42 Å². The molecule has 3 rings (SSSR count). The number of halogens is 1. The van der Waals surface area contributed by atoms with Gasteiger partial charge in [0.1, 0.15) is 5.82 Å². The molecule has 1 fully saturated rings. The van der Waals surface area contributed by atoms with Crippen molar-refractivity contribution in [2.24, 2.45) is 5.92 Å². The average molecular weight is 237 g/mol. The molecule has 0 bridgehead atoms. The van der Waals surface area contributed by atoms with Gasteiger partial charge < -0.3 is 14.8 Å². The normalized spacial score (nSPS) is 22.8. The van der Waals surface area contributed by atoms with Crippen LogP contribution in [0.2, 0.25) is 0 Å². The van der Waals surface area contributed by atoms with Gasteiger partial charge in [0.05, 0.1) is 0 Å². The zero-order valence-electron chi connectivity index (χ0n) is 9.67. The first-order valence-corrected chi connectivity index (χ1v) is 6.11. The summed E-state index contributed by atoms with van der Waals surface area (Å²) in [5.41, 5.74) is 0.739. The standard InChI is InChI=1S/C13H16FNO2/c14-11-6-13-12(16-8-17-13)5-10(11)4-9-2-1-3-15-7-9/h5-6,9,15H,1-4,7-8H2. The van der Waals surface area contributed by atoms with Crippen molar-refractivity contribution in [3.63, 3.8) is 0 Å². The lowest BCUT2D eigenvalue weighted by Crippen LogP contribution is -2.31. The van der Waals surface area contributed by atoms with Crippen LogP contribution in [-0.4, -0.2) is 19.9 Å². The molecule has 1 saturated heterocycles. The number of piperidine rings is 1. The van der Waals surface area contributed by atoms with Gasteiger partial charge in [-0.1, -0.05) is 0 Å². The molecule has 3 nitrogen and oxygen atoms in total. The van der Waals surface area contributed by atoms with Gasteiger partial charge in [-0.3, -0.25) is 0 Å². The number of nitrogens with one attached hydrogen (secondary N) is 1. The smallest absolute Gasteiger partial charge is 0.231 e. The molecule has 17 heavy (non-hydrogen) atoms. The van der Waals surface area contributed by atoms with Crippen molar-refractivity contribution in [3.8, 4) is 11.5 Å². The highest BCUT2D eigenvalue weighted by Crippen LogP contribution is 2.35. The third kappa shape index (κ3) is 2.22. The molecule has 0 saturated carbocycles. The van der Waals surface area contributed by atoms with Crippen molar-refractivity contribution in [1.29, 1.82) is 0 Å². The van der Waals surface area contributed by atoms with E-state index in [2.05, 4.69) is 5.32 Å². The Balaban J connectivity index is 1.78. The molecule has 1 unspecified atom stereocenters. The van der Waals surface area contributed by atoms with Crippen LogP contribution in [0.3, 0.4) is 0 Å². The van der Waals surface area contributed by atoms with E-state index in [0.717, 1.165) is 25.1 Å². The lowest BCUT2D eigenvalue weighted by Gasteiger charge is -2.22. The first kappa shape index (κ1) is 10.8. The number of rotatable bonds is 2. The van der Waals surface area contributed by atoms with Gasteiger partial charge in [0.15, 0.2) is 11.5 Å². The summed E-state index contributed by atoms with van der Waals surface area (Å²) in [4.78, 5) is 0. The Kier molecular flexibility index (Phi) is 2.89. The highest BCUT2D eigenvalue weighted by Gasteiger charge is 2.20. The summed E-state index contributed by atoms with van der Waals surface area (Å²) in [6, 6.07) is 3.22. The van der Waals surface area contributed by atoms with E-state index < -0.39 is 0 Å². The summed E-state index contributed by atoms with van der Waals surface area (Å²) in [6.45, 7) is 2.26. The van der Waals surface area contributed by atoms with Crippen molar-refractivity contribution in [1.82, 2.24) is 5.32 Å². The first-order valence-electron chi connectivity index (χ1n) is 6.11. The van der Waals surface area contributed by atoms with Crippen LogP contribution < -0.4 is 14.8 Å². The quantitative estimate of drug-likeness (QED) is 0.854. The van der Waals surface area contributed by atoms with Crippen LogP contribution >= 0.6 is 0 Å². The van der Waals surface area contributed by atoms with Crippen LogP contribution in [0.25, 0.3) is 0 Å². The third-order valence-corrected chi connectivity index (χ3v) is 3.45. The molecule has 1 N–H and O–H groups in total. The van der Waals surface area contributed by atoms with Crippen molar-refractivity contribution in [2.75, 3.05) is 19.9 Å². The van der Waals surface area contributed by atoms with E-state index in [9.17, 15) is 4.39 Å². The van der Waals surface area contributed by atoms with Crippen molar-refractivity contribution in [2.45, 2.75) is 19.3 Å². The molecule has 92 valence electrons. The van der Waals surface area contributed by atoms with Crippen LogP contribution in [0.4, 0.5) is 4.39 Å². The largest absolute Gasteiger partial charge is 0.454 e. The molecule has 1 aromatic carbocycles. The predicted octanol–water partition coefficient (Wildman–Crippen LogP) is 2.10. The van der Waals surface area contributed by atoms with Gasteiger partial charge in [0.25, 0.3) is 0 Å². The fraction of sp³-hybridized carbons (Fsp3) is 0.538. The molecule has 2 aliphatic heterocycles. The van der Waals surface area contributed by atoms with Gasteiger partial charge in [0.2, 0.25) is 6.79 Å². The second-order valence-electron chi connectivity index (χ2n) is 4.71. The van der Waals surface area contributed by atoms with E-state index in [1.807, 2.05) is 0 Å². The van der Waals surface area contributed by atoms with E-state index in [0.29, 0.717) is 17.4 Å². The van der Waals surface area contributed by atoms with Gasteiger partial charge in [-0.05, 0) is 49.9 Å². The fourth-order valence-corrected chi connectivity index (χ4v) is 2.52. The molecule has 0 amide bonds. The molecule has 4 heteroatoms. The Morgan fingerprint density at radius 1 is 1.29 bits per heavy atom. The molecule has 1 aromatic rings. The molecule has 0 spiro atoms. The zero-order valence-corrected chi connectivity index (χ0v) is 9.67. The minimum atomic E-state index is -0.181. The molecule has 2 heterocycles. The molecule has 0 aliphatic carbocycles. The van der Waals surface area contributed by atoms with Crippen molar-refractivity contribution < 1.29 is 13.9 Å². The Bertz CT molecular complexity index is 416. The van der Waals surface area contributed by atoms with Crippen molar-refractivity contribution >= 4 is 0 Å². The molecule has 2 aliphatic rings. The minimum absolute atomic E-state index is 0.181. The van der Waals surface area contributed by atoms with E-state index >= 15 is 0 Å². The van der Waals surface area contributed by atoms with Gasteiger partial charge in [-0.15, -0.1) is 0 Å². The monoisotopic (exact) mass is 237 g/mol. The second kappa shape index (κ2) is 4.53. The van der Waals surface area contributed by atoms with Gasteiger partial charge in [-0.25, -0.2) is 4.39 Å². The minimum Gasteiger partial charge on any atom is -0.454 e. The number of hydrogen-bond acceptors (Lipinski definition) is 3. The van der Waals surface area contributed by atoms with E-state index in [1.54, 1.807) is 6.07 Å². The number of ether oxygens (including phenoxy) is 2. The van der Waals surface area contributed by atoms with E-state index in [1.165, 1.54) is 18.9 Å². The highest BCUT2D eigenvalue weighted by atomic mass is 19.1. The highest BCUT2D eigenvalue weighted by molar-refractivity contribution is 5.45. The maximum Gasteiger partial charge on any atom is 0.231 e. The zero-order chi connectivity index (χ0) is 11.7. The average Bonchev–Trinajstić information content (AvgIpc) is 2.78.